The van der Waals surface area contributed by atoms with Crippen molar-refractivity contribution in [2.24, 2.45) is 0 Å². The Morgan fingerprint density at radius 1 is 1.38 bits per heavy atom. The van der Waals surface area contributed by atoms with Gasteiger partial charge < -0.3 is 9.47 Å². The number of methoxy groups -OCH3 is 1. The topological polar surface area (TPSA) is 38.8 Å². The first kappa shape index (κ1) is 13.3. The maximum Gasteiger partial charge on any atom is 0.412 e. The summed E-state index contributed by atoms with van der Waals surface area (Å²) in [6, 6.07) is 0.250. The zero-order valence-electron chi connectivity index (χ0n) is 10.9. The molecule has 0 aromatic carbocycles. The fourth-order valence-electron chi connectivity index (χ4n) is 2.06. The van der Waals surface area contributed by atoms with E-state index in [9.17, 15) is 4.79 Å². The van der Waals surface area contributed by atoms with Crippen molar-refractivity contribution in [3.05, 3.63) is 0 Å². The van der Waals surface area contributed by atoms with Gasteiger partial charge in [0.25, 0.3) is 0 Å². The van der Waals surface area contributed by atoms with Crippen LogP contribution < -0.4 is 0 Å². The molecular formula is C12H23NO3. The number of nitrogens with zero attached hydrogens (tertiary/aromatic N) is 1. The van der Waals surface area contributed by atoms with Crippen LogP contribution in [0.5, 0.6) is 0 Å². The Bertz CT molecular complexity index is 235. The minimum absolute atomic E-state index is 0.125. The van der Waals surface area contributed by atoms with Crippen molar-refractivity contribution >= 4 is 6.09 Å². The molecule has 0 aliphatic carbocycles. The Balaban J connectivity index is 2.70. The van der Waals surface area contributed by atoms with Crippen molar-refractivity contribution in [3.63, 3.8) is 0 Å². The van der Waals surface area contributed by atoms with Crippen LogP contribution in [0.2, 0.25) is 0 Å². The minimum atomic E-state index is -0.448. The Morgan fingerprint density at radius 2 is 2.00 bits per heavy atom. The van der Waals surface area contributed by atoms with Crippen LogP contribution in [0, 0.1) is 0 Å². The average molecular weight is 229 g/mol. The molecule has 1 rings (SSSR count). The monoisotopic (exact) mass is 229 g/mol. The van der Waals surface area contributed by atoms with Gasteiger partial charge in [0.2, 0.25) is 0 Å². The van der Waals surface area contributed by atoms with Crippen molar-refractivity contribution in [2.75, 3.05) is 7.11 Å². The van der Waals surface area contributed by atoms with E-state index in [1.54, 1.807) is 12.0 Å². The number of likely N-dealkylation sites (tertiary alicyclic amines) is 1. The van der Waals surface area contributed by atoms with Crippen molar-refractivity contribution in [2.45, 2.75) is 64.8 Å². The first-order valence-electron chi connectivity index (χ1n) is 5.93. The molecule has 1 aliphatic rings. The lowest BCUT2D eigenvalue weighted by atomic mass is 10.2. The molecule has 2 atom stereocenters. The minimum Gasteiger partial charge on any atom is -0.444 e. The molecule has 1 heterocycles. The fraction of sp³-hybridized carbons (Fsp3) is 0.917. The molecule has 4 nitrogen and oxygen atoms in total. The molecule has 1 saturated heterocycles. The van der Waals surface area contributed by atoms with Crippen molar-refractivity contribution < 1.29 is 14.3 Å². The van der Waals surface area contributed by atoms with Crippen LogP contribution >= 0.6 is 0 Å². The van der Waals surface area contributed by atoms with Gasteiger partial charge >= 0.3 is 6.09 Å². The number of carbonyl (C=O) groups is 1. The summed E-state index contributed by atoms with van der Waals surface area (Å²) in [5.41, 5.74) is -0.448. The highest BCUT2D eigenvalue weighted by molar-refractivity contribution is 5.69. The van der Waals surface area contributed by atoms with E-state index in [1.807, 2.05) is 20.8 Å². The molecule has 16 heavy (non-hydrogen) atoms. The number of carbonyl (C=O) groups excluding carboxylic acids is 1. The quantitative estimate of drug-likeness (QED) is 0.731. The number of ether oxygens (including phenoxy) is 2. The third-order valence-electron chi connectivity index (χ3n) is 2.80. The van der Waals surface area contributed by atoms with Crippen LogP contribution in [0.3, 0.4) is 0 Å². The molecule has 0 bridgehead atoms. The molecule has 0 N–H and O–H groups in total. The highest BCUT2D eigenvalue weighted by atomic mass is 16.6. The molecule has 0 radical (unpaired) electrons. The smallest absolute Gasteiger partial charge is 0.412 e. The SMILES string of the molecule is CC[C@@H]1CCC(OC)N1C(=O)OC(C)(C)C. The second kappa shape index (κ2) is 5.04. The third kappa shape index (κ3) is 3.11. The first-order chi connectivity index (χ1) is 7.39. The molecule has 0 aromatic heterocycles. The predicted octanol–water partition coefficient (Wildman–Crippen LogP) is 2.77. The highest BCUT2D eigenvalue weighted by Gasteiger charge is 2.38. The van der Waals surface area contributed by atoms with E-state index in [2.05, 4.69) is 6.92 Å². The van der Waals surface area contributed by atoms with Gasteiger partial charge in [0.15, 0.2) is 0 Å². The zero-order valence-corrected chi connectivity index (χ0v) is 10.9. The van der Waals surface area contributed by atoms with Gasteiger partial charge in [-0.15, -0.1) is 0 Å². The van der Waals surface area contributed by atoms with Gasteiger partial charge in [-0.2, -0.15) is 0 Å². The van der Waals surface area contributed by atoms with Crippen LogP contribution in [0.25, 0.3) is 0 Å². The van der Waals surface area contributed by atoms with Crippen LogP contribution in [-0.2, 0) is 9.47 Å². The van der Waals surface area contributed by atoms with E-state index in [1.165, 1.54) is 0 Å². The predicted molar refractivity (Wildman–Crippen MR) is 62.2 cm³/mol. The van der Waals surface area contributed by atoms with E-state index in [0.29, 0.717) is 0 Å². The number of hydrogen-bond donors (Lipinski definition) is 0. The molecule has 94 valence electrons. The maximum absolute atomic E-state index is 12.0. The maximum atomic E-state index is 12.0. The second-order valence-corrected chi connectivity index (χ2v) is 5.22. The summed E-state index contributed by atoms with van der Waals surface area (Å²) in [5, 5.41) is 0. The fourth-order valence-corrected chi connectivity index (χ4v) is 2.06. The van der Waals surface area contributed by atoms with E-state index in [-0.39, 0.29) is 18.4 Å². The number of rotatable bonds is 2. The largest absolute Gasteiger partial charge is 0.444 e. The number of amides is 1. The molecule has 0 spiro atoms. The van der Waals surface area contributed by atoms with Gasteiger partial charge in [0.1, 0.15) is 11.8 Å². The van der Waals surface area contributed by atoms with Gasteiger partial charge in [0, 0.05) is 13.2 Å². The van der Waals surface area contributed by atoms with Gasteiger partial charge in [0.05, 0.1) is 0 Å². The van der Waals surface area contributed by atoms with E-state index >= 15 is 0 Å². The first-order valence-corrected chi connectivity index (χ1v) is 5.93. The molecule has 1 unspecified atom stereocenters. The molecule has 4 heteroatoms. The van der Waals surface area contributed by atoms with Crippen molar-refractivity contribution in [1.29, 1.82) is 0 Å². The van der Waals surface area contributed by atoms with Crippen molar-refractivity contribution in [3.8, 4) is 0 Å². The van der Waals surface area contributed by atoms with Gasteiger partial charge in [-0.25, -0.2) is 4.79 Å². The van der Waals surface area contributed by atoms with Gasteiger partial charge in [-0.3, -0.25) is 4.90 Å². The zero-order chi connectivity index (χ0) is 12.3. The molecule has 1 fully saturated rings. The van der Waals surface area contributed by atoms with Crippen molar-refractivity contribution in [1.82, 2.24) is 4.90 Å². The Morgan fingerprint density at radius 3 is 2.44 bits per heavy atom. The summed E-state index contributed by atoms with van der Waals surface area (Å²) in [6.45, 7) is 7.72. The highest BCUT2D eigenvalue weighted by Crippen LogP contribution is 2.28. The van der Waals surface area contributed by atoms with Crippen LogP contribution in [0.4, 0.5) is 4.79 Å². The van der Waals surface area contributed by atoms with Gasteiger partial charge in [-0.1, -0.05) is 6.92 Å². The lowest BCUT2D eigenvalue weighted by molar-refractivity contribution is -0.0419. The summed E-state index contributed by atoms with van der Waals surface area (Å²) in [5.74, 6) is 0. The Labute approximate surface area is 97.9 Å². The molecule has 1 aliphatic heterocycles. The normalized spacial score (nSPS) is 25.9. The van der Waals surface area contributed by atoms with E-state index < -0.39 is 5.60 Å². The van der Waals surface area contributed by atoms with Crippen LogP contribution in [0.1, 0.15) is 47.0 Å². The van der Waals surface area contributed by atoms with E-state index in [0.717, 1.165) is 19.3 Å². The van der Waals surface area contributed by atoms with E-state index in [4.69, 9.17) is 9.47 Å². The second-order valence-electron chi connectivity index (χ2n) is 5.22. The summed E-state index contributed by atoms with van der Waals surface area (Å²) in [7, 11) is 1.64. The van der Waals surface area contributed by atoms with Gasteiger partial charge in [-0.05, 0) is 40.0 Å². The summed E-state index contributed by atoms with van der Waals surface area (Å²) in [6.07, 6.45) is 2.45. The summed E-state index contributed by atoms with van der Waals surface area (Å²) >= 11 is 0. The Hall–Kier alpha value is -0.770. The lowest BCUT2D eigenvalue weighted by Crippen LogP contribution is -2.44. The molecule has 1 amide bonds. The Kier molecular flexibility index (Phi) is 4.19. The average Bonchev–Trinajstić information content (AvgIpc) is 2.57. The summed E-state index contributed by atoms with van der Waals surface area (Å²) in [4.78, 5) is 13.8. The third-order valence-corrected chi connectivity index (χ3v) is 2.80. The number of hydrogen-bond acceptors (Lipinski definition) is 3. The molecule has 0 aromatic rings. The summed E-state index contributed by atoms with van der Waals surface area (Å²) < 4.78 is 10.7. The standard InChI is InChI=1S/C12H23NO3/c1-6-9-7-8-10(15-5)13(9)11(14)16-12(2,3)4/h9-10H,6-8H2,1-5H3/t9-,10?/m1/s1. The lowest BCUT2D eigenvalue weighted by Gasteiger charge is -2.31. The van der Waals surface area contributed by atoms with Crippen LogP contribution in [0.15, 0.2) is 0 Å². The van der Waals surface area contributed by atoms with Crippen LogP contribution in [-0.4, -0.2) is 36.0 Å². The molecular weight excluding hydrogens is 206 g/mol. The molecule has 0 saturated carbocycles.